The summed E-state index contributed by atoms with van der Waals surface area (Å²) in [5, 5.41) is 0. The molecule has 0 N–H and O–H groups in total. The van der Waals surface area contributed by atoms with Crippen molar-refractivity contribution in [3.63, 3.8) is 0 Å². The molecule has 0 bridgehead atoms. The van der Waals surface area contributed by atoms with Crippen LogP contribution in [-0.4, -0.2) is 19.8 Å². The zero-order chi connectivity index (χ0) is 6.57. The number of carbonyl (C=O) groups excluding carboxylic acids is 1. The highest BCUT2D eigenvalue weighted by atomic mass is 19.1. The van der Waals surface area contributed by atoms with E-state index < -0.39 is 18.6 Å². The van der Waals surface area contributed by atoms with Gasteiger partial charge in [-0.15, -0.1) is 0 Å². The Balaban J connectivity index is 3.46. The summed E-state index contributed by atoms with van der Waals surface area (Å²) in [5.74, 6) is -1.10. The van der Waals surface area contributed by atoms with Gasteiger partial charge in [-0.25, -0.2) is 0 Å². The molecule has 0 aliphatic carbocycles. The van der Waals surface area contributed by atoms with Crippen LogP contribution in [0.2, 0.25) is 0 Å². The van der Waals surface area contributed by atoms with Crippen LogP contribution in [0.25, 0.3) is 0 Å². The fourth-order valence-electron chi connectivity index (χ4n) is 0.264. The summed E-state index contributed by atoms with van der Waals surface area (Å²) < 4.78 is 15.7. The van der Waals surface area contributed by atoms with Gasteiger partial charge < -0.3 is 4.74 Å². The Labute approximate surface area is 47.6 Å². The first-order valence-corrected chi connectivity index (χ1v) is 2.36. The molecule has 0 rings (SSSR count). The Morgan fingerprint density at radius 3 is 2.50 bits per heavy atom. The van der Waals surface area contributed by atoms with Crippen LogP contribution >= 0.6 is 0 Å². The smallest absolute Gasteiger partial charge is 0.311 e. The van der Waals surface area contributed by atoms with E-state index in [9.17, 15) is 9.18 Å². The van der Waals surface area contributed by atoms with E-state index in [1.165, 1.54) is 14.0 Å². The van der Waals surface area contributed by atoms with Gasteiger partial charge in [-0.05, 0) is 6.92 Å². The number of hydrogen-bond acceptors (Lipinski definition) is 2. The molecule has 0 aromatic heterocycles. The van der Waals surface area contributed by atoms with Gasteiger partial charge in [0.05, 0.1) is 13.0 Å². The molecule has 0 saturated carbocycles. The first-order chi connectivity index (χ1) is 3.72. The van der Waals surface area contributed by atoms with Gasteiger partial charge in [0, 0.05) is 0 Å². The van der Waals surface area contributed by atoms with Crippen LogP contribution in [0.1, 0.15) is 6.92 Å². The average molecular weight is 120 g/mol. The third-order valence-corrected chi connectivity index (χ3v) is 0.835. The molecule has 0 aromatic carbocycles. The molecule has 1 atom stereocenters. The fraction of sp³-hybridized carbons (Fsp3) is 0.800. The van der Waals surface area contributed by atoms with E-state index in [2.05, 4.69) is 4.74 Å². The van der Waals surface area contributed by atoms with E-state index in [-0.39, 0.29) is 0 Å². The van der Waals surface area contributed by atoms with E-state index in [0.29, 0.717) is 0 Å². The summed E-state index contributed by atoms with van der Waals surface area (Å²) in [5.41, 5.74) is 0. The highest BCUT2D eigenvalue weighted by Gasteiger charge is 2.10. The molecule has 0 radical (unpaired) electrons. The predicted molar refractivity (Wildman–Crippen MR) is 27.2 cm³/mol. The molecule has 48 valence electrons. The molecule has 2 nitrogen and oxygen atoms in total. The summed E-state index contributed by atoms with van der Waals surface area (Å²) in [7, 11) is 1.24. The lowest BCUT2D eigenvalue weighted by Gasteiger charge is -2.00. The van der Waals surface area contributed by atoms with Crippen LogP contribution in [0.15, 0.2) is 0 Å². The molecule has 8 heavy (non-hydrogen) atoms. The number of alkyl halides is 1. The Hall–Kier alpha value is -0.600. The highest BCUT2D eigenvalue weighted by Crippen LogP contribution is 1.96. The zero-order valence-electron chi connectivity index (χ0n) is 4.98. The van der Waals surface area contributed by atoms with Crippen molar-refractivity contribution < 1.29 is 13.9 Å². The van der Waals surface area contributed by atoms with Crippen LogP contribution in [0.5, 0.6) is 0 Å². The minimum absolute atomic E-state index is 0.493. The lowest BCUT2D eigenvalue weighted by atomic mass is 10.2. The summed E-state index contributed by atoms with van der Waals surface area (Å²) in [4.78, 5) is 10.3. The number of carbonyl (C=O) groups is 1. The second kappa shape index (κ2) is 3.41. The zero-order valence-corrected chi connectivity index (χ0v) is 4.98. The maximum atomic E-state index is 11.5. The molecule has 0 spiro atoms. The normalized spacial score (nSPS) is 12.9. The van der Waals surface area contributed by atoms with E-state index in [0.717, 1.165) is 0 Å². The standard InChI is InChI=1S/C5H9FO2/c1-4(3-6)5(7)8-2/h4H,3H2,1-2H3/t4-/m1/s1. The molecule has 0 aromatic rings. The number of ether oxygens (including phenoxy) is 1. The number of methoxy groups -OCH3 is 1. The largest absolute Gasteiger partial charge is 0.469 e. The van der Waals surface area contributed by atoms with Crippen molar-refractivity contribution in [3.8, 4) is 0 Å². The predicted octanol–water partition coefficient (Wildman–Crippen LogP) is 0.765. The van der Waals surface area contributed by atoms with Crippen LogP contribution in [-0.2, 0) is 9.53 Å². The molecule has 0 saturated heterocycles. The third-order valence-electron chi connectivity index (χ3n) is 0.835. The van der Waals surface area contributed by atoms with E-state index in [1.807, 2.05) is 0 Å². The molecule has 0 heterocycles. The average Bonchev–Trinajstić information content (AvgIpc) is 1.84. The first-order valence-electron chi connectivity index (χ1n) is 2.36. The Morgan fingerprint density at radius 1 is 1.88 bits per heavy atom. The van der Waals surface area contributed by atoms with Crippen molar-refractivity contribution in [2.75, 3.05) is 13.8 Å². The van der Waals surface area contributed by atoms with Gasteiger partial charge in [-0.3, -0.25) is 9.18 Å². The van der Waals surface area contributed by atoms with Crippen LogP contribution in [0, 0.1) is 5.92 Å². The van der Waals surface area contributed by atoms with Gasteiger partial charge in [0.25, 0.3) is 0 Å². The van der Waals surface area contributed by atoms with Crippen LogP contribution in [0.4, 0.5) is 4.39 Å². The fourth-order valence-corrected chi connectivity index (χ4v) is 0.264. The minimum Gasteiger partial charge on any atom is -0.469 e. The maximum absolute atomic E-state index is 11.5. The molecule has 0 amide bonds. The number of esters is 1. The SMILES string of the molecule is COC(=O)[C@H](C)CF. The van der Waals surface area contributed by atoms with Crippen LogP contribution in [0.3, 0.4) is 0 Å². The van der Waals surface area contributed by atoms with Crippen LogP contribution < -0.4 is 0 Å². The van der Waals surface area contributed by atoms with Crippen molar-refractivity contribution in [2.24, 2.45) is 5.92 Å². The lowest BCUT2D eigenvalue weighted by Crippen LogP contribution is -2.13. The first kappa shape index (κ1) is 7.40. The number of rotatable bonds is 2. The van der Waals surface area contributed by atoms with Crippen molar-refractivity contribution >= 4 is 5.97 Å². The molecule has 0 fully saturated rings. The molecule has 3 heteroatoms. The number of halogens is 1. The molecule has 0 aliphatic rings. The monoisotopic (exact) mass is 120 g/mol. The topological polar surface area (TPSA) is 26.3 Å². The lowest BCUT2D eigenvalue weighted by molar-refractivity contribution is -0.145. The second-order valence-corrected chi connectivity index (χ2v) is 1.58. The Bertz CT molecular complexity index is 82.5. The van der Waals surface area contributed by atoms with Crippen molar-refractivity contribution in [3.05, 3.63) is 0 Å². The second-order valence-electron chi connectivity index (χ2n) is 1.58. The Morgan fingerprint density at radius 2 is 2.38 bits per heavy atom. The van der Waals surface area contributed by atoms with Gasteiger partial charge in [-0.1, -0.05) is 0 Å². The highest BCUT2D eigenvalue weighted by molar-refractivity contribution is 5.71. The van der Waals surface area contributed by atoms with Gasteiger partial charge in [0.15, 0.2) is 0 Å². The maximum Gasteiger partial charge on any atom is 0.311 e. The van der Waals surface area contributed by atoms with E-state index in [1.54, 1.807) is 0 Å². The third kappa shape index (κ3) is 1.91. The van der Waals surface area contributed by atoms with E-state index >= 15 is 0 Å². The van der Waals surface area contributed by atoms with Crippen molar-refractivity contribution in [1.82, 2.24) is 0 Å². The molecular weight excluding hydrogens is 111 g/mol. The molecular formula is C5H9FO2. The summed E-state index contributed by atoms with van der Waals surface area (Å²) in [6.07, 6.45) is 0. The van der Waals surface area contributed by atoms with Gasteiger partial charge in [0.1, 0.15) is 6.67 Å². The van der Waals surface area contributed by atoms with E-state index in [4.69, 9.17) is 0 Å². The summed E-state index contributed by atoms with van der Waals surface area (Å²) in [6, 6.07) is 0. The molecule has 0 unspecified atom stereocenters. The van der Waals surface area contributed by atoms with Crippen molar-refractivity contribution in [1.29, 1.82) is 0 Å². The molecule has 0 aliphatic heterocycles. The summed E-state index contributed by atoms with van der Waals surface area (Å²) in [6.45, 7) is 0.832. The van der Waals surface area contributed by atoms with Gasteiger partial charge in [0.2, 0.25) is 0 Å². The van der Waals surface area contributed by atoms with Crippen molar-refractivity contribution in [2.45, 2.75) is 6.92 Å². The Kier molecular flexibility index (Phi) is 3.15. The van der Waals surface area contributed by atoms with Gasteiger partial charge in [-0.2, -0.15) is 0 Å². The number of hydrogen-bond donors (Lipinski definition) is 0. The quantitative estimate of drug-likeness (QED) is 0.503. The van der Waals surface area contributed by atoms with Gasteiger partial charge >= 0.3 is 5.97 Å². The summed E-state index contributed by atoms with van der Waals surface area (Å²) >= 11 is 0. The minimum atomic E-state index is -0.646.